The van der Waals surface area contributed by atoms with Crippen LogP contribution < -0.4 is 5.32 Å². The SMILES string of the molecule is CC(C)=CCc1cccc(NC(=O)C2CCCCC2)c1. The summed E-state index contributed by atoms with van der Waals surface area (Å²) in [4.78, 5) is 12.2. The Morgan fingerprint density at radius 2 is 2.00 bits per heavy atom. The molecule has 1 amide bonds. The Morgan fingerprint density at radius 3 is 2.70 bits per heavy atom. The summed E-state index contributed by atoms with van der Waals surface area (Å²) >= 11 is 0. The normalized spacial score (nSPS) is 15.7. The van der Waals surface area contributed by atoms with Crippen molar-refractivity contribution >= 4 is 11.6 Å². The van der Waals surface area contributed by atoms with Crippen molar-refractivity contribution in [3.8, 4) is 0 Å². The molecule has 1 saturated carbocycles. The van der Waals surface area contributed by atoms with Crippen molar-refractivity contribution in [2.75, 3.05) is 5.32 Å². The summed E-state index contributed by atoms with van der Waals surface area (Å²) in [7, 11) is 0. The van der Waals surface area contributed by atoms with Crippen LogP contribution in [0.25, 0.3) is 0 Å². The molecule has 0 heterocycles. The van der Waals surface area contributed by atoms with Crippen molar-refractivity contribution in [1.82, 2.24) is 0 Å². The lowest BCUT2D eigenvalue weighted by Gasteiger charge is -2.20. The van der Waals surface area contributed by atoms with Gasteiger partial charge in [0.05, 0.1) is 0 Å². The zero-order valence-electron chi connectivity index (χ0n) is 12.6. The van der Waals surface area contributed by atoms with Crippen LogP contribution in [0.15, 0.2) is 35.9 Å². The monoisotopic (exact) mass is 271 g/mol. The number of hydrogen-bond acceptors (Lipinski definition) is 1. The van der Waals surface area contributed by atoms with E-state index in [-0.39, 0.29) is 11.8 Å². The molecule has 0 unspecified atom stereocenters. The second kappa shape index (κ2) is 7.28. The first-order valence-corrected chi connectivity index (χ1v) is 7.68. The number of amides is 1. The zero-order valence-corrected chi connectivity index (χ0v) is 12.6. The van der Waals surface area contributed by atoms with Gasteiger partial charge in [0.15, 0.2) is 0 Å². The van der Waals surface area contributed by atoms with Crippen molar-refractivity contribution in [2.45, 2.75) is 52.4 Å². The third-order valence-electron chi connectivity index (χ3n) is 3.92. The molecule has 1 aliphatic carbocycles. The van der Waals surface area contributed by atoms with Crippen LogP contribution in [0.1, 0.15) is 51.5 Å². The smallest absolute Gasteiger partial charge is 0.227 e. The highest BCUT2D eigenvalue weighted by Crippen LogP contribution is 2.25. The number of carbonyl (C=O) groups excluding carboxylic acids is 1. The van der Waals surface area contributed by atoms with E-state index in [9.17, 15) is 4.79 Å². The summed E-state index contributed by atoms with van der Waals surface area (Å²) in [5.41, 5.74) is 3.49. The van der Waals surface area contributed by atoms with E-state index in [1.54, 1.807) is 0 Å². The largest absolute Gasteiger partial charge is 0.326 e. The first-order valence-electron chi connectivity index (χ1n) is 7.68. The fraction of sp³-hybridized carbons (Fsp3) is 0.500. The molecular formula is C18H25NO. The van der Waals surface area contributed by atoms with E-state index in [0.29, 0.717) is 0 Å². The minimum atomic E-state index is 0.198. The Labute approximate surface area is 122 Å². The number of carbonyl (C=O) groups is 1. The molecule has 1 N–H and O–H groups in total. The summed E-state index contributed by atoms with van der Waals surface area (Å²) in [5, 5.41) is 3.08. The lowest BCUT2D eigenvalue weighted by Crippen LogP contribution is -2.24. The van der Waals surface area contributed by atoms with Crippen LogP contribution in [0.5, 0.6) is 0 Å². The Morgan fingerprint density at radius 1 is 1.25 bits per heavy atom. The molecule has 0 spiro atoms. The molecule has 108 valence electrons. The third kappa shape index (κ3) is 4.52. The predicted molar refractivity (Wildman–Crippen MR) is 84.8 cm³/mol. The number of rotatable bonds is 4. The molecule has 1 aromatic rings. The Balaban J connectivity index is 1.96. The van der Waals surface area contributed by atoms with Gasteiger partial charge in [-0.15, -0.1) is 0 Å². The van der Waals surface area contributed by atoms with Gasteiger partial charge in [-0.1, -0.05) is 43.0 Å². The average Bonchev–Trinajstić information content (AvgIpc) is 2.46. The van der Waals surface area contributed by atoms with Gasteiger partial charge in [0.1, 0.15) is 0 Å². The summed E-state index contributed by atoms with van der Waals surface area (Å²) in [5.74, 6) is 0.411. The van der Waals surface area contributed by atoms with Gasteiger partial charge in [0.25, 0.3) is 0 Å². The minimum absolute atomic E-state index is 0.198. The standard InChI is InChI=1S/C18H25NO/c1-14(2)11-12-15-7-6-10-17(13-15)19-18(20)16-8-4-3-5-9-16/h6-7,10-11,13,16H,3-5,8-9,12H2,1-2H3,(H,19,20). The minimum Gasteiger partial charge on any atom is -0.326 e. The molecule has 1 aliphatic rings. The van der Waals surface area contributed by atoms with Crippen molar-refractivity contribution in [3.05, 3.63) is 41.5 Å². The van der Waals surface area contributed by atoms with Gasteiger partial charge in [-0.25, -0.2) is 0 Å². The molecule has 1 aromatic carbocycles. The van der Waals surface area contributed by atoms with Crippen LogP contribution in [-0.4, -0.2) is 5.91 Å². The van der Waals surface area contributed by atoms with E-state index in [1.165, 1.54) is 30.4 Å². The topological polar surface area (TPSA) is 29.1 Å². The third-order valence-corrected chi connectivity index (χ3v) is 3.92. The van der Waals surface area contributed by atoms with E-state index >= 15 is 0 Å². The van der Waals surface area contributed by atoms with E-state index in [2.05, 4.69) is 37.4 Å². The molecule has 2 nitrogen and oxygen atoms in total. The van der Waals surface area contributed by atoms with Crippen LogP contribution in [0.4, 0.5) is 5.69 Å². The first-order chi connectivity index (χ1) is 9.65. The quantitative estimate of drug-likeness (QED) is 0.789. The summed E-state index contributed by atoms with van der Waals surface area (Å²) in [6.45, 7) is 4.21. The van der Waals surface area contributed by atoms with Gasteiger partial charge in [-0.2, -0.15) is 0 Å². The maximum absolute atomic E-state index is 12.2. The zero-order chi connectivity index (χ0) is 14.4. The van der Waals surface area contributed by atoms with Gasteiger partial charge >= 0.3 is 0 Å². The Bertz CT molecular complexity index is 480. The van der Waals surface area contributed by atoms with Crippen LogP contribution in [0.3, 0.4) is 0 Å². The molecule has 0 aromatic heterocycles. The van der Waals surface area contributed by atoms with Crippen LogP contribution in [0.2, 0.25) is 0 Å². The maximum Gasteiger partial charge on any atom is 0.227 e. The Kier molecular flexibility index (Phi) is 5.40. The molecular weight excluding hydrogens is 246 g/mol. The lowest BCUT2D eigenvalue weighted by molar-refractivity contribution is -0.120. The van der Waals surface area contributed by atoms with Crippen molar-refractivity contribution < 1.29 is 4.79 Å². The molecule has 0 aliphatic heterocycles. The van der Waals surface area contributed by atoms with Gasteiger partial charge in [-0.05, 0) is 50.8 Å². The second-order valence-electron chi connectivity index (χ2n) is 6.01. The maximum atomic E-state index is 12.2. The summed E-state index contributed by atoms with van der Waals surface area (Å²) in [6.07, 6.45) is 8.89. The van der Waals surface area contributed by atoms with E-state index < -0.39 is 0 Å². The second-order valence-corrected chi connectivity index (χ2v) is 6.01. The highest BCUT2D eigenvalue weighted by Gasteiger charge is 2.20. The van der Waals surface area contributed by atoms with Crippen LogP contribution >= 0.6 is 0 Å². The fourth-order valence-electron chi connectivity index (χ4n) is 2.71. The number of benzene rings is 1. The number of anilines is 1. The molecule has 1 fully saturated rings. The van der Waals surface area contributed by atoms with Crippen molar-refractivity contribution in [2.24, 2.45) is 5.92 Å². The van der Waals surface area contributed by atoms with Gasteiger partial charge < -0.3 is 5.32 Å². The molecule has 0 saturated heterocycles. The molecule has 2 rings (SSSR count). The fourth-order valence-corrected chi connectivity index (χ4v) is 2.71. The molecule has 2 heteroatoms. The number of nitrogens with one attached hydrogen (secondary N) is 1. The summed E-state index contributed by atoms with van der Waals surface area (Å²) in [6, 6.07) is 8.19. The van der Waals surface area contributed by atoms with Gasteiger partial charge in [0.2, 0.25) is 5.91 Å². The summed E-state index contributed by atoms with van der Waals surface area (Å²) < 4.78 is 0. The van der Waals surface area contributed by atoms with Crippen LogP contribution in [0, 0.1) is 5.92 Å². The number of hydrogen-bond donors (Lipinski definition) is 1. The first kappa shape index (κ1) is 14.8. The molecule has 0 bridgehead atoms. The van der Waals surface area contributed by atoms with Crippen molar-refractivity contribution in [1.29, 1.82) is 0 Å². The van der Waals surface area contributed by atoms with E-state index in [4.69, 9.17) is 0 Å². The van der Waals surface area contributed by atoms with Gasteiger partial charge in [-0.3, -0.25) is 4.79 Å². The molecule has 20 heavy (non-hydrogen) atoms. The lowest BCUT2D eigenvalue weighted by atomic mass is 9.88. The van der Waals surface area contributed by atoms with E-state index in [1.807, 2.05) is 12.1 Å². The number of allylic oxidation sites excluding steroid dienone is 2. The van der Waals surface area contributed by atoms with E-state index in [0.717, 1.165) is 24.9 Å². The molecule has 0 radical (unpaired) electrons. The predicted octanol–water partition coefficient (Wildman–Crippen LogP) is 4.71. The molecule has 0 atom stereocenters. The highest BCUT2D eigenvalue weighted by atomic mass is 16.1. The van der Waals surface area contributed by atoms with Crippen LogP contribution in [-0.2, 0) is 11.2 Å². The average molecular weight is 271 g/mol. The Hall–Kier alpha value is -1.57. The van der Waals surface area contributed by atoms with Crippen molar-refractivity contribution in [3.63, 3.8) is 0 Å². The van der Waals surface area contributed by atoms with Gasteiger partial charge in [0, 0.05) is 11.6 Å². The highest BCUT2D eigenvalue weighted by molar-refractivity contribution is 5.92.